The van der Waals surface area contributed by atoms with E-state index in [0.717, 1.165) is 0 Å². The fraction of sp³-hybridized carbons (Fsp3) is 0. The van der Waals surface area contributed by atoms with Gasteiger partial charge in [0, 0.05) is 42.7 Å². The first kappa shape index (κ1) is 24.1. The molecule has 0 saturated carbocycles. The Bertz CT molecular complexity index is 1250. The number of nitrogens with two attached hydrogens (primary N) is 4. The Morgan fingerprint density at radius 3 is 1.48 bits per heavy atom. The zero-order valence-corrected chi connectivity index (χ0v) is 19.3. The molecule has 8 nitrogen and oxygen atoms in total. The molecule has 2 heterocycles. The molecule has 170 valence electrons. The van der Waals surface area contributed by atoms with Gasteiger partial charge in [-0.05, 0) is 24.3 Å². The highest BCUT2D eigenvalue weighted by Crippen LogP contribution is 2.34. The van der Waals surface area contributed by atoms with E-state index >= 15 is 0 Å². The first-order valence-corrected chi connectivity index (χ1v) is 10.4. The molecule has 0 spiro atoms. The average molecular weight is 506 g/mol. The zero-order valence-electron chi connectivity index (χ0n) is 17.0. The topological polar surface area (TPSA) is 148 Å². The summed E-state index contributed by atoms with van der Waals surface area (Å²) < 4.78 is 11.1. The largest absolute Gasteiger partial charge is 0.457 e. The zero-order chi connectivity index (χ0) is 24.0. The van der Waals surface area contributed by atoms with Crippen LogP contribution in [0.25, 0.3) is 0 Å². The number of aromatic nitrogens is 2. The lowest BCUT2D eigenvalue weighted by molar-refractivity contribution is 0.482. The van der Waals surface area contributed by atoms with Gasteiger partial charge in [-0.2, -0.15) is 0 Å². The third-order valence-electron chi connectivity index (χ3n) is 4.00. The van der Waals surface area contributed by atoms with Crippen LogP contribution in [0.15, 0.2) is 67.0 Å². The maximum atomic E-state index is 5.89. The summed E-state index contributed by atoms with van der Waals surface area (Å²) in [4.78, 5) is 7.72. The Kier molecular flexibility index (Phi) is 7.89. The summed E-state index contributed by atoms with van der Waals surface area (Å²) in [5, 5.41) is 1.14. The molecule has 8 N–H and O–H groups in total. The van der Waals surface area contributed by atoms with Gasteiger partial charge < -0.3 is 32.4 Å². The minimum atomic E-state index is 0.329. The van der Waals surface area contributed by atoms with E-state index in [9.17, 15) is 0 Å². The van der Waals surface area contributed by atoms with Crippen molar-refractivity contribution in [1.82, 2.24) is 9.97 Å². The summed E-state index contributed by atoms with van der Waals surface area (Å²) >= 11 is 17.6. The number of ether oxygens (including phenoxy) is 2. The molecule has 2 aromatic carbocycles. The fourth-order valence-electron chi connectivity index (χ4n) is 2.45. The van der Waals surface area contributed by atoms with Crippen LogP contribution in [0.1, 0.15) is 0 Å². The van der Waals surface area contributed by atoms with Crippen molar-refractivity contribution in [3.63, 3.8) is 0 Å². The van der Waals surface area contributed by atoms with Crippen LogP contribution in [-0.4, -0.2) is 9.97 Å². The van der Waals surface area contributed by atoms with Crippen molar-refractivity contribution in [2.24, 2.45) is 0 Å². The number of hydrogen-bond acceptors (Lipinski definition) is 8. The Morgan fingerprint density at radius 2 is 1.00 bits per heavy atom. The molecule has 4 aromatic rings. The van der Waals surface area contributed by atoms with Crippen molar-refractivity contribution in [2.45, 2.75) is 0 Å². The van der Waals surface area contributed by atoms with Crippen molar-refractivity contribution in [1.29, 1.82) is 0 Å². The molecule has 4 rings (SSSR count). The van der Waals surface area contributed by atoms with Crippen LogP contribution in [-0.2, 0) is 0 Å². The molecular weight excluding hydrogens is 487 g/mol. The Morgan fingerprint density at radius 1 is 0.545 bits per heavy atom. The summed E-state index contributed by atoms with van der Waals surface area (Å²) in [5.41, 5.74) is 23.1. The second kappa shape index (κ2) is 10.8. The third-order valence-corrected chi connectivity index (χ3v) is 4.95. The highest BCUT2D eigenvalue weighted by atomic mass is 35.5. The lowest BCUT2D eigenvalue weighted by Crippen LogP contribution is -1.92. The van der Waals surface area contributed by atoms with Crippen LogP contribution in [0, 0.1) is 0 Å². The Balaban J connectivity index is 0.000000186. The van der Waals surface area contributed by atoms with E-state index in [-0.39, 0.29) is 0 Å². The fourth-order valence-corrected chi connectivity index (χ4v) is 3.08. The van der Waals surface area contributed by atoms with Gasteiger partial charge >= 0.3 is 0 Å². The van der Waals surface area contributed by atoms with E-state index in [1.165, 1.54) is 0 Å². The summed E-state index contributed by atoms with van der Waals surface area (Å²) in [7, 11) is 0. The predicted molar refractivity (Wildman–Crippen MR) is 134 cm³/mol. The summed E-state index contributed by atoms with van der Waals surface area (Å²) in [6.07, 6.45) is 3.12. The van der Waals surface area contributed by atoms with Crippen LogP contribution < -0.4 is 32.4 Å². The second-order valence-electron chi connectivity index (χ2n) is 6.52. The Hall–Kier alpha value is -3.59. The number of rotatable bonds is 4. The molecule has 0 radical (unpaired) electrons. The molecule has 0 amide bonds. The van der Waals surface area contributed by atoms with Gasteiger partial charge in [0.05, 0.1) is 26.4 Å². The normalized spacial score (nSPS) is 10.2. The van der Waals surface area contributed by atoms with E-state index < -0.39 is 0 Å². The molecule has 0 atom stereocenters. The van der Waals surface area contributed by atoms with E-state index in [1.807, 2.05) is 0 Å². The second-order valence-corrected chi connectivity index (χ2v) is 7.74. The monoisotopic (exact) mass is 504 g/mol. The standard InChI is InChI=1S/C11H9Cl2N3O.C11H10ClN3O/c12-8-3-7(4-9(13)11(8)15)17-6-1-2-16-10(14)5-6;12-9-5-7(1-2-10(9)13)16-8-3-4-15-11(14)6-8/h1-5H,15H2,(H2,14,16);1-6H,13H2,(H2,14,15). The van der Waals surface area contributed by atoms with Crippen molar-refractivity contribution < 1.29 is 9.47 Å². The van der Waals surface area contributed by atoms with Gasteiger partial charge in [0.15, 0.2) is 0 Å². The van der Waals surface area contributed by atoms with Gasteiger partial charge in [-0.3, -0.25) is 0 Å². The van der Waals surface area contributed by atoms with E-state index in [2.05, 4.69) is 9.97 Å². The Labute approximate surface area is 205 Å². The summed E-state index contributed by atoms with van der Waals surface area (Å²) in [6.45, 7) is 0. The number of benzene rings is 2. The molecule has 0 bridgehead atoms. The van der Waals surface area contributed by atoms with Crippen molar-refractivity contribution >= 4 is 57.8 Å². The first-order chi connectivity index (χ1) is 15.7. The molecule has 0 fully saturated rings. The van der Waals surface area contributed by atoms with Gasteiger partial charge in [-0.25, -0.2) is 9.97 Å². The van der Waals surface area contributed by atoms with E-state index in [4.69, 9.17) is 67.2 Å². The van der Waals surface area contributed by atoms with Crippen LogP contribution in [0.5, 0.6) is 23.0 Å². The molecule has 0 aliphatic rings. The number of hydrogen-bond donors (Lipinski definition) is 4. The van der Waals surface area contributed by atoms with Crippen molar-refractivity contribution in [2.75, 3.05) is 22.9 Å². The van der Waals surface area contributed by atoms with Gasteiger partial charge in [-0.1, -0.05) is 34.8 Å². The minimum Gasteiger partial charge on any atom is -0.457 e. The SMILES string of the molecule is Nc1cc(Oc2cc(Cl)c(N)c(Cl)c2)ccn1.Nc1cc(Oc2ccc(N)c(Cl)c2)ccn1. The quantitative estimate of drug-likeness (QED) is 0.245. The third kappa shape index (κ3) is 6.95. The smallest absolute Gasteiger partial charge is 0.132 e. The van der Waals surface area contributed by atoms with Gasteiger partial charge in [0.1, 0.15) is 34.6 Å². The molecule has 0 saturated heterocycles. The highest BCUT2D eigenvalue weighted by Gasteiger charge is 2.07. The number of halogens is 3. The van der Waals surface area contributed by atoms with Gasteiger partial charge in [0.25, 0.3) is 0 Å². The lowest BCUT2D eigenvalue weighted by atomic mass is 10.3. The first-order valence-electron chi connectivity index (χ1n) is 9.29. The number of nitrogen functional groups attached to an aromatic ring is 4. The molecule has 0 aliphatic heterocycles. The summed E-state index contributed by atoms with van der Waals surface area (Å²) in [6, 6.07) is 14.8. The number of pyridine rings is 2. The van der Waals surface area contributed by atoms with Gasteiger partial charge in [-0.15, -0.1) is 0 Å². The molecule has 33 heavy (non-hydrogen) atoms. The maximum absolute atomic E-state index is 5.89. The van der Waals surface area contributed by atoms with Crippen LogP contribution in [0.4, 0.5) is 23.0 Å². The van der Waals surface area contributed by atoms with Gasteiger partial charge in [0.2, 0.25) is 0 Å². The predicted octanol–water partition coefficient (Wildman–Crippen LogP) is 6.04. The van der Waals surface area contributed by atoms with Crippen molar-refractivity contribution in [3.8, 4) is 23.0 Å². The maximum Gasteiger partial charge on any atom is 0.132 e. The number of nitrogens with zero attached hydrogens (tertiary/aromatic N) is 2. The van der Waals surface area contributed by atoms with Crippen LogP contribution in [0.2, 0.25) is 15.1 Å². The average Bonchev–Trinajstić information content (AvgIpc) is 2.75. The van der Waals surface area contributed by atoms with Crippen molar-refractivity contribution in [3.05, 3.63) is 82.1 Å². The number of anilines is 4. The summed E-state index contributed by atoms with van der Waals surface area (Å²) in [5.74, 6) is 3.02. The lowest BCUT2D eigenvalue weighted by Gasteiger charge is -2.08. The molecular formula is C22H19Cl3N6O2. The van der Waals surface area contributed by atoms with E-state index in [0.29, 0.717) is 61.1 Å². The van der Waals surface area contributed by atoms with Crippen LogP contribution >= 0.6 is 34.8 Å². The molecule has 2 aromatic heterocycles. The molecule has 0 unspecified atom stereocenters. The highest BCUT2D eigenvalue weighted by molar-refractivity contribution is 6.39. The molecule has 0 aliphatic carbocycles. The van der Waals surface area contributed by atoms with E-state index in [1.54, 1.807) is 67.0 Å². The van der Waals surface area contributed by atoms with Crippen LogP contribution in [0.3, 0.4) is 0 Å². The molecule has 11 heteroatoms. The minimum absolute atomic E-state index is 0.329.